The van der Waals surface area contributed by atoms with E-state index >= 15 is 0 Å². The van der Waals surface area contributed by atoms with Crippen molar-refractivity contribution in [1.29, 1.82) is 0 Å². The number of nitrogens with zero attached hydrogens (tertiary/aromatic N) is 2. The predicted octanol–water partition coefficient (Wildman–Crippen LogP) is 3.60. The van der Waals surface area contributed by atoms with Gasteiger partial charge in [-0.15, -0.1) is 0 Å². The van der Waals surface area contributed by atoms with Crippen LogP contribution in [-0.2, 0) is 14.3 Å². The van der Waals surface area contributed by atoms with Gasteiger partial charge in [0.2, 0.25) is 29.0 Å². The number of nitro benzene ring substituents is 1. The van der Waals surface area contributed by atoms with Gasteiger partial charge in [0.1, 0.15) is 0 Å². The maximum Gasteiger partial charge on any atom is 0.269 e. The number of hydrogen-bond acceptors (Lipinski definition) is 7. The maximum absolute atomic E-state index is 13.9. The minimum atomic E-state index is -2.16. The minimum absolute atomic E-state index is 0.153. The van der Waals surface area contributed by atoms with E-state index in [4.69, 9.17) is 4.74 Å². The third-order valence-electron chi connectivity index (χ3n) is 7.28. The molecule has 6 rings (SSSR count). The number of rotatable bonds is 3. The van der Waals surface area contributed by atoms with Crippen LogP contribution in [0.1, 0.15) is 37.9 Å². The highest BCUT2D eigenvalue weighted by Crippen LogP contribution is 2.57. The van der Waals surface area contributed by atoms with Crippen molar-refractivity contribution < 1.29 is 28.8 Å². The quantitative estimate of drug-likeness (QED) is 0.242. The van der Waals surface area contributed by atoms with Crippen LogP contribution in [0.3, 0.4) is 0 Å². The van der Waals surface area contributed by atoms with Crippen LogP contribution >= 0.6 is 0 Å². The highest BCUT2D eigenvalue weighted by molar-refractivity contribution is 6.37. The molecule has 0 radical (unpaired) electrons. The highest BCUT2D eigenvalue weighted by Gasteiger charge is 2.74. The standard InChI is InChI=1S/C27H18N2O7/c1-14-13-16(29(34)35)11-12-19(14)28-25(32)20-21(26(28)33)27(36-22(20)15-7-3-2-4-8-15)23(30)17-9-5-6-10-18(17)24(27)31/h2-13,20-22H,1H3/t20-,21-,22-/m0/s1. The van der Waals surface area contributed by atoms with Crippen LogP contribution in [0.4, 0.5) is 11.4 Å². The number of non-ortho nitro benzene ring substituents is 1. The van der Waals surface area contributed by atoms with Gasteiger partial charge < -0.3 is 4.74 Å². The molecule has 2 saturated heterocycles. The molecule has 3 aromatic rings. The first-order chi connectivity index (χ1) is 17.3. The molecule has 0 saturated carbocycles. The molecule has 2 amide bonds. The van der Waals surface area contributed by atoms with E-state index in [0.29, 0.717) is 11.1 Å². The van der Waals surface area contributed by atoms with Gasteiger partial charge >= 0.3 is 0 Å². The Bertz CT molecular complexity index is 1480. The second kappa shape index (κ2) is 7.50. The molecular formula is C27H18N2O7. The molecule has 0 bridgehead atoms. The fourth-order valence-electron chi connectivity index (χ4n) is 5.70. The lowest BCUT2D eigenvalue weighted by molar-refractivity contribution is -0.384. The highest BCUT2D eigenvalue weighted by atomic mass is 16.6. The van der Waals surface area contributed by atoms with Gasteiger partial charge in [-0.3, -0.25) is 29.3 Å². The average Bonchev–Trinajstić information content (AvgIpc) is 3.45. The molecule has 0 N–H and O–H groups in total. The second-order valence-corrected chi connectivity index (χ2v) is 9.13. The van der Waals surface area contributed by atoms with Gasteiger partial charge in [0.25, 0.3) is 5.69 Å². The molecule has 2 aliphatic heterocycles. The molecule has 2 heterocycles. The minimum Gasteiger partial charge on any atom is -0.349 e. The van der Waals surface area contributed by atoms with Gasteiger partial charge in [-0.25, -0.2) is 4.90 Å². The van der Waals surface area contributed by atoms with Crippen molar-refractivity contribution in [3.05, 3.63) is 105 Å². The number of hydrogen-bond donors (Lipinski definition) is 0. The van der Waals surface area contributed by atoms with Crippen molar-refractivity contribution in [1.82, 2.24) is 0 Å². The number of aryl methyl sites for hydroxylation is 1. The van der Waals surface area contributed by atoms with Crippen LogP contribution in [0.25, 0.3) is 0 Å². The zero-order chi connectivity index (χ0) is 25.4. The summed E-state index contributed by atoms with van der Waals surface area (Å²) in [5, 5.41) is 11.2. The molecule has 3 aromatic carbocycles. The number of carbonyl (C=O) groups excluding carboxylic acids is 4. The van der Waals surface area contributed by atoms with E-state index in [1.54, 1.807) is 49.4 Å². The number of benzene rings is 3. The molecule has 9 heteroatoms. The number of ketones is 2. The Hall–Kier alpha value is -4.50. The summed E-state index contributed by atoms with van der Waals surface area (Å²) >= 11 is 0. The van der Waals surface area contributed by atoms with E-state index in [9.17, 15) is 29.3 Å². The average molecular weight is 482 g/mol. The molecule has 0 unspecified atom stereocenters. The van der Waals surface area contributed by atoms with Crippen molar-refractivity contribution in [2.45, 2.75) is 18.6 Å². The SMILES string of the molecule is Cc1cc([N+](=O)[O-])ccc1N1C(=O)[C@H]2[C@@H](C1=O)C1(O[C@H]2c2ccccc2)C(=O)c2ccccc2C1=O. The van der Waals surface area contributed by atoms with Crippen LogP contribution in [0, 0.1) is 28.9 Å². The molecule has 0 aromatic heterocycles. The van der Waals surface area contributed by atoms with Crippen LogP contribution < -0.4 is 4.90 Å². The molecular weight excluding hydrogens is 464 g/mol. The third kappa shape index (κ3) is 2.68. The molecule has 2 fully saturated rings. The molecule has 3 atom stereocenters. The number of carbonyl (C=O) groups is 4. The number of ether oxygens (including phenoxy) is 1. The van der Waals surface area contributed by atoms with E-state index in [1.165, 1.54) is 30.3 Å². The third-order valence-corrected chi connectivity index (χ3v) is 7.28. The fraction of sp³-hybridized carbons (Fsp3) is 0.185. The van der Waals surface area contributed by atoms with Crippen LogP contribution in [0.2, 0.25) is 0 Å². The normalized spacial score (nSPS) is 23.9. The Morgan fingerprint density at radius 2 is 1.47 bits per heavy atom. The van der Waals surface area contributed by atoms with E-state index in [0.717, 1.165) is 4.90 Å². The fourth-order valence-corrected chi connectivity index (χ4v) is 5.70. The van der Waals surface area contributed by atoms with Gasteiger partial charge in [-0.1, -0.05) is 54.6 Å². The topological polar surface area (TPSA) is 124 Å². The Labute approximate surface area is 204 Å². The first kappa shape index (κ1) is 22.0. The van der Waals surface area contributed by atoms with Crippen LogP contribution in [-0.4, -0.2) is 33.9 Å². The van der Waals surface area contributed by atoms with E-state index in [1.807, 2.05) is 0 Å². The summed E-state index contributed by atoms with van der Waals surface area (Å²) < 4.78 is 6.22. The maximum atomic E-state index is 13.9. The van der Waals surface area contributed by atoms with Crippen molar-refractivity contribution >= 4 is 34.8 Å². The Morgan fingerprint density at radius 3 is 2.06 bits per heavy atom. The van der Waals surface area contributed by atoms with Gasteiger partial charge in [0.05, 0.1) is 28.6 Å². The number of amides is 2. The zero-order valence-electron chi connectivity index (χ0n) is 18.9. The number of Topliss-reactive ketones (excluding diaryl/α,β-unsaturated/α-hetero) is 2. The smallest absolute Gasteiger partial charge is 0.269 e. The van der Waals surface area contributed by atoms with Crippen molar-refractivity contribution in [3.8, 4) is 0 Å². The number of anilines is 1. The lowest BCUT2D eigenvalue weighted by Crippen LogP contribution is -2.51. The summed E-state index contributed by atoms with van der Waals surface area (Å²) in [6.45, 7) is 1.56. The lowest BCUT2D eigenvalue weighted by Gasteiger charge is -2.27. The summed E-state index contributed by atoms with van der Waals surface area (Å²) in [4.78, 5) is 66.8. The molecule has 1 spiro atoms. The first-order valence-electron chi connectivity index (χ1n) is 11.3. The van der Waals surface area contributed by atoms with Gasteiger partial charge in [0, 0.05) is 23.3 Å². The molecule has 178 valence electrons. The first-order valence-corrected chi connectivity index (χ1v) is 11.3. The number of nitro groups is 1. The Balaban J connectivity index is 1.53. The van der Waals surface area contributed by atoms with E-state index in [-0.39, 0.29) is 22.5 Å². The van der Waals surface area contributed by atoms with Crippen molar-refractivity contribution in [2.75, 3.05) is 4.90 Å². The summed E-state index contributed by atoms with van der Waals surface area (Å²) in [6, 6.07) is 18.8. The zero-order valence-corrected chi connectivity index (χ0v) is 18.9. The van der Waals surface area contributed by atoms with Gasteiger partial charge in [-0.2, -0.15) is 0 Å². The summed E-state index contributed by atoms with van der Waals surface area (Å²) in [5.74, 6) is -5.15. The summed E-state index contributed by atoms with van der Waals surface area (Å²) in [6.07, 6.45) is -1.02. The lowest BCUT2D eigenvalue weighted by atomic mass is 9.77. The van der Waals surface area contributed by atoms with Gasteiger partial charge in [0.15, 0.2) is 0 Å². The molecule has 3 aliphatic rings. The van der Waals surface area contributed by atoms with Gasteiger partial charge in [-0.05, 0) is 24.1 Å². The van der Waals surface area contributed by atoms with Crippen molar-refractivity contribution in [3.63, 3.8) is 0 Å². The number of fused-ring (bicyclic) bond motifs is 3. The molecule has 36 heavy (non-hydrogen) atoms. The number of imide groups is 1. The summed E-state index contributed by atoms with van der Waals surface area (Å²) in [7, 11) is 0. The summed E-state index contributed by atoms with van der Waals surface area (Å²) in [5.41, 5.74) is -0.976. The van der Waals surface area contributed by atoms with E-state index < -0.39 is 51.8 Å². The Morgan fingerprint density at radius 1 is 0.861 bits per heavy atom. The monoisotopic (exact) mass is 482 g/mol. The van der Waals surface area contributed by atoms with Crippen molar-refractivity contribution in [2.24, 2.45) is 11.8 Å². The second-order valence-electron chi connectivity index (χ2n) is 9.13. The Kier molecular flexibility index (Phi) is 4.58. The van der Waals surface area contributed by atoms with Crippen LogP contribution in [0.15, 0.2) is 72.8 Å². The molecule has 1 aliphatic carbocycles. The molecule has 9 nitrogen and oxygen atoms in total. The van der Waals surface area contributed by atoms with Crippen LogP contribution in [0.5, 0.6) is 0 Å². The predicted molar refractivity (Wildman–Crippen MR) is 125 cm³/mol. The largest absolute Gasteiger partial charge is 0.349 e. The van der Waals surface area contributed by atoms with E-state index in [2.05, 4.69) is 0 Å².